The predicted octanol–water partition coefficient (Wildman–Crippen LogP) is 2.30. The zero-order valence-electron chi connectivity index (χ0n) is 13.2. The van der Waals surface area contributed by atoms with Crippen molar-refractivity contribution in [1.29, 1.82) is 0 Å². The van der Waals surface area contributed by atoms with Crippen molar-refractivity contribution in [3.63, 3.8) is 0 Å². The third kappa shape index (κ3) is 2.74. The number of aliphatic hydroxyl groups excluding tert-OH is 2. The standard InChI is InChI=1S/C18H15ClN4O2/c19-12-6-7-14-13(8-12)17(11-4-2-1-3-5-11)20-9-16-21-22-18(23(14)16)15(25)10-24/h1-8,15,24-25H,9-10H2. The SMILES string of the molecule is OCC(O)c1nnc2n1-c1ccc(Cl)cc1C(c1ccccc1)=NC2. The molecule has 2 N–H and O–H groups in total. The fraction of sp³-hybridized carbons (Fsp3) is 0.167. The molecule has 6 nitrogen and oxygen atoms in total. The molecule has 1 atom stereocenters. The van der Waals surface area contributed by atoms with Gasteiger partial charge in [-0.05, 0) is 18.2 Å². The molecular formula is C18H15ClN4O2. The maximum atomic E-state index is 10.1. The van der Waals surface area contributed by atoms with Crippen LogP contribution in [0.4, 0.5) is 0 Å². The van der Waals surface area contributed by atoms with Crippen LogP contribution in [0.1, 0.15) is 28.9 Å². The van der Waals surface area contributed by atoms with Crippen LogP contribution < -0.4 is 0 Å². The van der Waals surface area contributed by atoms with Gasteiger partial charge in [-0.1, -0.05) is 41.9 Å². The molecule has 3 aromatic rings. The van der Waals surface area contributed by atoms with Gasteiger partial charge in [-0.3, -0.25) is 9.56 Å². The molecule has 2 aromatic carbocycles. The molecule has 2 heterocycles. The number of hydrogen-bond acceptors (Lipinski definition) is 5. The summed E-state index contributed by atoms with van der Waals surface area (Å²) in [6.07, 6.45) is -1.12. The molecule has 0 fully saturated rings. The van der Waals surface area contributed by atoms with Crippen LogP contribution in [-0.2, 0) is 6.54 Å². The maximum absolute atomic E-state index is 10.1. The molecule has 7 heteroatoms. The Morgan fingerprint density at radius 2 is 1.92 bits per heavy atom. The van der Waals surface area contributed by atoms with E-state index in [4.69, 9.17) is 16.6 Å². The lowest BCUT2D eigenvalue weighted by Crippen LogP contribution is -2.14. The Balaban J connectivity index is 1.97. The summed E-state index contributed by atoms with van der Waals surface area (Å²) < 4.78 is 1.74. The number of aromatic nitrogens is 3. The van der Waals surface area contributed by atoms with Crippen LogP contribution in [0.25, 0.3) is 5.69 Å². The molecule has 1 aliphatic heterocycles. The van der Waals surface area contributed by atoms with Crippen LogP contribution in [0, 0.1) is 0 Å². The van der Waals surface area contributed by atoms with Crippen molar-refractivity contribution in [3.8, 4) is 5.69 Å². The van der Waals surface area contributed by atoms with Gasteiger partial charge in [0.2, 0.25) is 0 Å². The van der Waals surface area contributed by atoms with Crippen molar-refractivity contribution in [2.45, 2.75) is 12.6 Å². The van der Waals surface area contributed by atoms with Crippen molar-refractivity contribution in [2.75, 3.05) is 6.61 Å². The van der Waals surface area contributed by atoms with E-state index in [1.807, 2.05) is 42.5 Å². The Labute approximate surface area is 149 Å². The summed E-state index contributed by atoms with van der Waals surface area (Å²) in [5.74, 6) is 0.877. The zero-order valence-corrected chi connectivity index (χ0v) is 13.9. The fourth-order valence-corrected chi connectivity index (χ4v) is 3.14. The monoisotopic (exact) mass is 354 g/mol. The van der Waals surface area contributed by atoms with Crippen LogP contribution >= 0.6 is 11.6 Å². The largest absolute Gasteiger partial charge is 0.393 e. The summed E-state index contributed by atoms with van der Waals surface area (Å²) in [5, 5.41) is 28.2. The highest BCUT2D eigenvalue weighted by molar-refractivity contribution is 6.31. The van der Waals surface area contributed by atoms with E-state index in [9.17, 15) is 10.2 Å². The average molecular weight is 355 g/mol. The van der Waals surface area contributed by atoms with Gasteiger partial charge in [0.25, 0.3) is 0 Å². The Morgan fingerprint density at radius 1 is 1.12 bits per heavy atom. The second-order valence-corrected chi connectivity index (χ2v) is 6.14. The predicted molar refractivity (Wildman–Crippen MR) is 94.2 cm³/mol. The molecular weight excluding hydrogens is 340 g/mol. The van der Waals surface area contributed by atoms with Crippen molar-refractivity contribution in [3.05, 3.63) is 76.3 Å². The zero-order chi connectivity index (χ0) is 17.4. The third-order valence-electron chi connectivity index (χ3n) is 4.11. The minimum Gasteiger partial charge on any atom is -0.393 e. The number of benzene rings is 2. The minimum absolute atomic E-state index is 0.283. The van der Waals surface area contributed by atoms with Gasteiger partial charge in [0.1, 0.15) is 12.6 Å². The summed E-state index contributed by atoms with van der Waals surface area (Å²) >= 11 is 6.23. The van der Waals surface area contributed by atoms with Crippen LogP contribution in [0.2, 0.25) is 5.02 Å². The first-order chi connectivity index (χ1) is 12.2. The Hall–Kier alpha value is -2.54. The second kappa shape index (κ2) is 6.40. The number of aliphatic imine (C=N–C) groups is 1. The van der Waals surface area contributed by atoms with E-state index in [-0.39, 0.29) is 5.82 Å². The molecule has 0 spiro atoms. The number of hydrogen-bond donors (Lipinski definition) is 2. The van der Waals surface area contributed by atoms with Crippen LogP contribution in [-0.4, -0.2) is 37.3 Å². The van der Waals surface area contributed by atoms with E-state index in [1.165, 1.54) is 0 Å². The van der Waals surface area contributed by atoms with Crippen LogP contribution in [0.15, 0.2) is 53.5 Å². The van der Waals surface area contributed by atoms with Crippen LogP contribution in [0.3, 0.4) is 0 Å². The van der Waals surface area contributed by atoms with Gasteiger partial charge >= 0.3 is 0 Å². The maximum Gasteiger partial charge on any atom is 0.169 e. The normalized spacial score (nSPS) is 14.3. The highest BCUT2D eigenvalue weighted by atomic mass is 35.5. The smallest absolute Gasteiger partial charge is 0.169 e. The van der Waals surface area contributed by atoms with Gasteiger partial charge in [-0.2, -0.15) is 0 Å². The lowest BCUT2D eigenvalue weighted by atomic mass is 10.0. The van der Waals surface area contributed by atoms with Gasteiger partial charge in [0, 0.05) is 16.1 Å². The fourth-order valence-electron chi connectivity index (χ4n) is 2.96. The first kappa shape index (κ1) is 16.0. The molecule has 1 aromatic heterocycles. The molecule has 1 aliphatic rings. The molecule has 0 saturated heterocycles. The van der Waals surface area contributed by atoms with Gasteiger partial charge < -0.3 is 10.2 Å². The summed E-state index contributed by atoms with van der Waals surface area (Å²) in [5.41, 5.74) is 3.36. The molecule has 0 radical (unpaired) electrons. The van der Waals surface area contributed by atoms with E-state index in [2.05, 4.69) is 10.2 Å². The lowest BCUT2D eigenvalue weighted by Gasteiger charge is -2.15. The molecule has 0 bridgehead atoms. The molecule has 0 aliphatic carbocycles. The Bertz CT molecular complexity index is 953. The number of nitrogens with zero attached hydrogens (tertiary/aromatic N) is 4. The quantitative estimate of drug-likeness (QED) is 0.756. The van der Waals surface area contributed by atoms with E-state index >= 15 is 0 Å². The van der Waals surface area contributed by atoms with E-state index in [1.54, 1.807) is 10.6 Å². The van der Waals surface area contributed by atoms with Gasteiger partial charge in [0.05, 0.1) is 18.0 Å². The van der Waals surface area contributed by atoms with E-state index < -0.39 is 12.7 Å². The highest BCUT2D eigenvalue weighted by Gasteiger charge is 2.25. The summed E-state index contributed by atoms with van der Waals surface area (Å²) in [7, 11) is 0. The number of rotatable bonds is 3. The first-order valence-corrected chi connectivity index (χ1v) is 8.20. The molecule has 0 amide bonds. The van der Waals surface area contributed by atoms with Gasteiger partial charge in [-0.25, -0.2) is 0 Å². The minimum atomic E-state index is -1.12. The van der Waals surface area contributed by atoms with Crippen molar-refractivity contribution >= 4 is 17.3 Å². The van der Waals surface area contributed by atoms with Crippen molar-refractivity contribution in [1.82, 2.24) is 14.8 Å². The Morgan fingerprint density at radius 3 is 2.68 bits per heavy atom. The summed E-state index contributed by atoms with van der Waals surface area (Å²) in [6, 6.07) is 15.3. The summed E-state index contributed by atoms with van der Waals surface area (Å²) in [4.78, 5) is 4.71. The number of halogens is 1. The molecule has 4 rings (SSSR count). The topological polar surface area (TPSA) is 83.5 Å². The molecule has 1 unspecified atom stereocenters. The lowest BCUT2D eigenvalue weighted by molar-refractivity contribution is 0.0871. The van der Waals surface area contributed by atoms with E-state index in [0.717, 1.165) is 22.5 Å². The van der Waals surface area contributed by atoms with Crippen molar-refractivity contribution in [2.24, 2.45) is 4.99 Å². The van der Waals surface area contributed by atoms with Gasteiger partial charge in [0.15, 0.2) is 11.6 Å². The third-order valence-corrected chi connectivity index (χ3v) is 4.34. The first-order valence-electron chi connectivity index (χ1n) is 7.82. The summed E-state index contributed by atoms with van der Waals surface area (Å²) in [6.45, 7) is -0.130. The molecule has 126 valence electrons. The average Bonchev–Trinajstić information content (AvgIpc) is 2.99. The van der Waals surface area contributed by atoms with Crippen LogP contribution in [0.5, 0.6) is 0 Å². The Kier molecular flexibility index (Phi) is 4.09. The highest BCUT2D eigenvalue weighted by Crippen LogP contribution is 2.29. The number of fused-ring (bicyclic) bond motifs is 3. The molecule has 0 saturated carbocycles. The van der Waals surface area contributed by atoms with Crippen molar-refractivity contribution < 1.29 is 10.2 Å². The number of aliphatic hydroxyl groups is 2. The molecule has 25 heavy (non-hydrogen) atoms. The van der Waals surface area contributed by atoms with Gasteiger partial charge in [-0.15, -0.1) is 10.2 Å². The second-order valence-electron chi connectivity index (χ2n) is 5.70. The van der Waals surface area contributed by atoms with E-state index in [0.29, 0.717) is 17.4 Å².